The summed E-state index contributed by atoms with van der Waals surface area (Å²) >= 11 is 0. The summed E-state index contributed by atoms with van der Waals surface area (Å²) in [7, 11) is 2.07. The molecule has 0 aliphatic rings. The van der Waals surface area contributed by atoms with Crippen LogP contribution in [-0.4, -0.2) is 13.1 Å². The van der Waals surface area contributed by atoms with Crippen molar-refractivity contribution in [3.8, 4) is 0 Å². The molecule has 0 amide bonds. The molecule has 23 heavy (non-hydrogen) atoms. The first kappa shape index (κ1) is 19.7. The summed E-state index contributed by atoms with van der Waals surface area (Å²) in [6.45, 7) is 6.73. The second kappa shape index (κ2) is 10.4. The summed E-state index contributed by atoms with van der Waals surface area (Å²) in [6, 6.07) is 15.1. The minimum absolute atomic E-state index is 0. The molecule has 0 fully saturated rings. The van der Waals surface area contributed by atoms with Crippen LogP contribution >= 0.6 is 0 Å². The van der Waals surface area contributed by atoms with Crippen LogP contribution in [-0.2, 0) is 7.05 Å². The number of aryl methyl sites for hydroxylation is 1. The maximum atomic E-state index is 2.46. The number of benzene rings is 1. The summed E-state index contributed by atoms with van der Waals surface area (Å²) in [6.07, 6.45) is 8.77. The van der Waals surface area contributed by atoms with Crippen LogP contribution in [0.25, 0.3) is 12.2 Å². The molecule has 2 nitrogen and oxygen atoms in total. The molecular weight excluding hydrogens is 395 g/mol. The van der Waals surface area contributed by atoms with Gasteiger partial charge in [0.15, 0.2) is 6.20 Å². The first-order valence-electron chi connectivity index (χ1n) is 8.22. The molecule has 0 radical (unpaired) electrons. The minimum atomic E-state index is 0. The Bertz CT molecular complexity index is 599. The molecule has 0 saturated heterocycles. The molecular formula is C20H27IN2. The van der Waals surface area contributed by atoms with Gasteiger partial charge in [0.2, 0.25) is 5.69 Å². The van der Waals surface area contributed by atoms with Gasteiger partial charge in [-0.25, -0.2) is 4.57 Å². The van der Waals surface area contributed by atoms with E-state index in [0.717, 1.165) is 13.1 Å². The number of pyridine rings is 1. The van der Waals surface area contributed by atoms with Crippen molar-refractivity contribution in [2.75, 3.05) is 18.0 Å². The predicted molar refractivity (Wildman–Crippen MR) is 95.8 cm³/mol. The molecule has 1 aromatic heterocycles. The summed E-state index contributed by atoms with van der Waals surface area (Å²) in [5.74, 6) is 0. The van der Waals surface area contributed by atoms with Crippen molar-refractivity contribution in [2.45, 2.75) is 26.7 Å². The van der Waals surface area contributed by atoms with E-state index in [-0.39, 0.29) is 24.0 Å². The molecule has 0 bridgehead atoms. The summed E-state index contributed by atoms with van der Waals surface area (Å²) < 4.78 is 2.12. The fraction of sp³-hybridized carbons (Fsp3) is 0.350. The number of aromatic nitrogens is 1. The van der Waals surface area contributed by atoms with Crippen LogP contribution in [0.2, 0.25) is 0 Å². The zero-order chi connectivity index (χ0) is 15.8. The monoisotopic (exact) mass is 422 g/mol. The highest BCUT2D eigenvalue weighted by Gasteiger charge is 2.04. The molecule has 2 rings (SSSR count). The lowest BCUT2D eigenvalue weighted by molar-refractivity contribution is -0.673. The minimum Gasteiger partial charge on any atom is -1.00 e. The van der Waals surface area contributed by atoms with E-state index in [4.69, 9.17) is 0 Å². The van der Waals surface area contributed by atoms with E-state index in [0.29, 0.717) is 0 Å². The maximum absolute atomic E-state index is 2.46. The Kier molecular flexibility index (Phi) is 8.92. The van der Waals surface area contributed by atoms with Crippen LogP contribution in [0.3, 0.4) is 0 Å². The predicted octanol–water partition coefficient (Wildman–Crippen LogP) is 1.31. The lowest BCUT2D eigenvalue weighted by atomic mass is 10.1. The van der Waals surface area contributed by atoms with Gasteiger partial charge in [0.05, 0.1) is 0 Å². The molecule has 2 aromatic rings. The summed E-state index contributed by atoms with van der Waals surface area (Å²) in [4.78, 5) is 2.46. The fourth-order valence-corrected chi connectivity index (χ4v) is 2.60. The lowest BCUT2D eigenvalue weighted by Gasteiger charge is -2.23. The SMILES string of the molecule is CCCN(CCC)c1ccc(C=Cc2cccc[n+]2C)cc1.[I-]. The molecule has 0 aliphatic carbocycles. The van der Waals surface area contributed by atoms with Crippen LogP contribution in [0, 0.1) is 0 Å². The van der Waals surface area contributed by atoms with Crippen LogP contribution in [0.4, 0.5) is 5.69 Å². The highest BCUT2D eigenvalue weighted by Crippen LogP contribution is 2.17. The fourth-order valence-electron chi connectivity index (χ4n) is 2.60. The highest BCUT2D eigenvalue weighted by atomic mass is 127. The first-order chi connectivity index (χ1) is 10.7. The number of anilines is 1. The molecule has 1 heterocycles. The molecule has 0 aliphatic heterocycles. The number of hydrogen-bond acceptors (Lipinski definition) is 1. The third-order valence-electron chi connectivity index (χ3n) is 3.79. The molecule has 0 unspecified atom stereocenters. The Morgan fingerprint density at radius 3 is 2.13 bits per heavy atom. The molecule has 0 spiro atoms. The van der Waals surface area contributed by atoms with Gasteiger partial charge in [0.25, 0.3) is 0 Å². The summed E-state index contributed by atoms with van der Waals surface area (Å²) in [5.41, 5.74) is 3.76. The zero-order valence-corrected chi connectivity index (χ0v) is 16.5. The third kappa shape index (κ3) is 5.98. The Labute approximate surface area is 157 Å². The molecule has 3 heteroatoms. The number of nitrogens with zero attached hydrogens (tertiary/aromatic N) is 2. The Hall–Kier alpha value is -1.36. The van der Waals surface area contributed by atoms with E-state index in [9.17, 15) is 0 Å². The van der Waals surface area contributed by atoms with E-state index in [1.54, 1.807) is 0 Å². The van der Waals surface area contributed by atoms with Gasteiger partial charge in [-0.05, 0) is 42.7 Å². The van der Waals surface area contributed by atoms with Crippen molar-refractivity contribution in [3.05, 3.63) is 59.9 Å². The molecule has 1 aromatic carbocycles. The molecule has 0 atom stereocenters. The molecule has 0 saturated carbocycles. The zero-order valence-electron chi connectivity index (χ0n) is 14.4. The van der Waals surface area contributed by atoms with Crippen LogP contribution in [0.1, 0.15) is 37.9 Å². The Morgan fingerprint density at radius 1 is 0.913 bits per heavy atom. The van der Waals surface area contributed by atoms with Gasteiger partial charge >= 0.3 is 0 Å². The number of rotatable bonds is 7. The number of halogens is 1. The summed E-state index contributed by atoms with van der Waals surface area (Å²) in [5, 5.41) is 0. The Morgan fingerprint density at radius 2 is 1.57 bits per heavy atom. The third-order valence-corrected chi connectivity index (χ3v) is 3.79. The quantitative estimate of drug-likeness (QED) is 0.482. The van der Waals surface area contributed by atoms with Crippen molar-refractivity contribution >= 4 is 17.8 Å². The Balaban J connectivity index is 0.00000264. The van der Waals surface area contributed by atoms with Gasteiger partial charge in [0.1, 0.15) is 7.05 Å². The highest BCUT2D eigenvalue weighted by molar-refractivity contribution is 5.68. The average molecular weight is 422 g/mol. The van der Waals surface area contributed by atoms with Gasteiger partial charge in [0, 0.05) is 37.0 Å². The van der Waals surface area contributed by atoms with Crippen molar-refractivity contribution in [1.82, 2.24) is 0 Å². The van der Waals surface area contributed by atoms with Gasteiger partial charge < -0.3 is 28.9 Å². The normalized spacial score (nSPS) is 10.6. The van der Waals surface area contributed by atoms with Gasteiger partial charge in [-0.3, -0.25) is 0 Å². The van der Waals surface area contributed by atoms with Crippen LogP contribution < -0.4 is 33.4 Å². The molecule has 124 valence electrons. The first-order valence-corrected chi connectivity index (χ1v) is 8.22. The van der Waals surface area contributed by atoms with E-state index < -0.39 is 0 Å². The van der Waals surface area contributed by atoms with E-state index in [1.165, 1.54) is 29.8 Å². The smallest absolute Gasteiger partial charge is 0.204 e. The van der Waals surface area contributed by atoms with Crippen molar-refractivity contribution < 1.29 is 28.5 Å². The second-order valence-electron chi connectivity index (χ2n) is 5.65. The van der Waals surface area contributed by atoms with Crippen LogP contribution in [0.5, 0.6) is 0 Å². The topological polar surface area (TPSA) is 7.12 Å². The lowest BCUT2D eigenvalue weighted by Crippen LogP contribution is -3.00. The van der Waals surface area contributed by atoms with Gasteiger partial charge in [-0.1, -0.05) is 26.0 Å². The standard InChI is InChI=1S/C20H27N2.HI/c1-4-15-22(16-5-2)20-13-10-18(11-14-20)9-12-19-8-6-7-17-21(19)3;/h6-14,17H,4-5,15-16H2,1-3H3;1H/q+1;/p-1. The number of hydrogen-bond donors (Lipinski definition) is 0. The van der Waals surface area contributed by atoms with Crippen molar-refractivity contribution in [1.29, 1.82) is 0 Å². The van der Waals surface area contributed by atoms with Gasteiger partial charge in [-0.15, -0.1) is 0 Å². The van der Waals surface area contributed by atoms with Crippen molar-refractivity contribution in [3.63, 3.8) is 0 Å². The van der Waals surface area contributed by atoms with E-state index in [1.807, 2.05) is 6.07 Å². The second-order valence-corrected chi connectivity index (χ2v) is 5.65. The van der Waals surface area contributed by atoms with Crippen LogP contribution in [0.15, 0.2) is 48.7 Å². The van der Waals surface area contributed by atoms with Gasteiger partial charge in [-0.2, -0.15) is 0 Å². The van der Waals surface area contributed by atoms with Crippen molar-refractivity contribution in [2.24, 2.45) is 7.05 Å². The largest absolute Gasteiger partial charge is 1.00 e. The maximum Gasteiger partial charge on any atom is 0.204 e. The average Bonchev–Trinajstić information content (AvgIpc) is 2.54. The van der Waals surface area contributed by atoms with E-state index >= 15 is 0 Å². The molecule has 0 N–H and O–H groups in total. The van der Waals surface area contributed by atoms with E-state index in [2.05, 4.69) is 85.1 Å².